The molecule has 1 amide bonds. The first-order valence-corrected chi connectivity index (χ1v) is 12.4. The fourth-order valence-corrected chi connectivity index (χ4v) is 5.92. The number of hydrogen-bond donors (Lipinski definition) is 1. The second-order valence-corrected chi connectivity index (χ2v) is 10.1. The van der Waals surface area contributed by atoms with E-state index in [2.05, 4.69) is 17.3 Å². The monoisotopic (exact) mass is 433 g/mol. The van der Waals surface area contributed by atoms with E-state index < -0.39 is 10.8 Å². The smallest absolute Gasteiger partial charge is 0.228 e. The normalized spacial score (nSPS) is 23.7. The van der Waals surface area contributed by atoms with Crippen molar-refractivity contribution in [2.45, 2.75) is 63.4 Å². The van der Waals surface area contributed by atoms with Gasteiger partial charge in [0, 0.05) is 27.3 Å². The molecular weight excluding hydrogens is 406 g/mol. The van der Waals surface area contributed by atoms with Crippen molar-refractivity contribution in [3.8, 4) is 5.69 Å². The summed E-state index contributed by atoms with van der Waals surface area (Å²) < 4.78 is 13.8. The van der Waals surface area contributed by atoms with Crippen LogP contribution in [-0.2, 0) is 27.1 Å². The first-order chi connectivity index (χ1) is 14.0. The van der Waals surface area contributed by atoms with Crippen molar-refractivity contribution < 1.29 is 9.00 Å². The summed E-state index contributed by atoms with van der Waals surface area (Å²) in [5.74, 6) is 2.40. The number of carbonyl (C=O) groups excluding carboxylic acids is 1. The second kappa shape index (κ2) is 9.00. The molecule has 0 radical (unpaired) electrons. The predicted molar refractivity (Wildman–Crippen MR) is 118 cm³/mol. The molecule has 0 bridgehead atoms. The average molecular weight is 434 g/mol. The minimum atomic E-state index is -0.948. The van der Waals surface area contributed by atoms with Gasteiger partial charge in [-0.15, -0.1) is 0 Å². The molecule has 1 aromatic heterocycles. The van der Waals surface area contributed by atoms with Gasteiger partial charge in [-0.25, -0.2) is 4.68 Å². The molecule has 1 saturated carbocycles. The van der Waals surface area contributed by atoms with Gasteiger partial charge in [-0.2, -0.15) is 5.10 Å². The first kappa shape index (κ1) is 20.6. The van der Waals surface area contributed by atoms with Crippen LogP contribution < -0.4 is 5.32 Å². The molecule has 1 aromatic carbocycles. The summed E-state index contributed by atoms with van der Waals surface area (Å²) in [6.45, 7) is 2.23. The lowest BCUT2D eigenvalue weighted by Gasteiger charge is -2.27. The van der Waals surface area contributed by atoms with E-state index in [1.165, 1.54) is 19.3 Å². The van der Waals surface area contributed by atoms with Gasteiger partial charge in [0.15, 0.2) is 0 Å². The molecule has 2 aromatic rings. The number of rotatable bonds is 6. The highest BCUT2D eigenvalue weighted by molar-refractivity contribution is 7.83. The van der Waals surface area contributed by atoms with E-state index in [1.54, 1.807) is 4.68 Å². The summed E-state index contributed by atoms with van der Waals surface area (Å²) in [6.07, 6.45) is 7.95. The molecule has 4 rings (SSSR count). The Hall–Kier alpha value is -1.66. The van der Waals surface area contributed by atoms with Gasteiger partial charge in [-0.1, -0.05) is 43.9 Å². The van der Waals surface area contributed by atoms with E-state index in [0.717, 1.165) is 48.5 Å². The lowest BCUT2D eigenvalue weighted by Crippen LogP contribution is -2.28. The van der Waals surface area contributed by atoms with Crippen LogP contribution in [0.2, 0.25) is 5.02 Å². The van der Waals surface area contributed by atoms with Gasteiger partial charge in [-0.05, 0) is 49.8 Å². The minimum Gasteiger partial charge on any atom is -0.310 e. The summed E-state index contributed by atoms with van der Waals surface area (Å²) in [6, 6.07) is 7.42. The largest absolute Gasteiger partial charge is 0.310 e. The van der Waals surface area contributed by atoms with Crippen molar-refractivity contribution in [1.29, 1.82) is 0 Å². The summed E-state index contributed by atoms with van der Waals surface area (Å²) in [4.78, 5) is 13.1. The molecule has 0 unspecified atom stereocenters. The van der Waals surface area contributed by atoms with Crippen molar-refractivity contribution in [2.24, 2.45) is 11.8 Å². The lowest BCUT2D eigenvalue weighted by molar-refractivity contribution is -0.121. The van der Waals surface area contributed by atoms with Crippen LogP contribution in [0.4, 0.5) is 5.82 Å². The zero-order chi connectivity index (χ0) is 20.4. The summed E-state index contributed by atoms with van der Waals surface area (Å²) >= 11 is 6.16. The molecule has 1 aliphatic heterocycles. The Morgan fingerprint density at radius 3 is 2.79 bits per heavy atom. The van der Waals surface area contributed by atoms with Gasteiger partial charge >= 0.3 is 0 Å². The van der Waals surface area contributed by atoms with Crippen LogP contribution in [0.25, 0.3) is 5.69 Å². The highest BCUT2D eigenvalue weighted by atomic mass is 35.5. The number of aromatic nitrogens is 2. The molecule has 1 N–H and O–H groups in total. The molecule has 2 aliphatic rings. The van der Waals surface area contributed by atoms with E-state index in [-0.39, 0.29) is 11.8 Å². The Kier molecular flexibility index (Phi) is 6.40. The maximum atomic E-state index is 13.1. The second-order valence-electron chi connectivity index (χ2n) is 8.24. The molecule has 0 spiro atoms. The highest BCUT2D eigenvalue weighted by Crippen LogP contribution is 2.35. The van der Waals surface area contributed by atoms with E-state index in [4.69, 9.17) is 11.6 Å². The fraction of sp³-hybridized carbons (Fsp3) is 0.545. The summed E-state index contributed by atoms with van der Waals surface area (Å²) in [5.41, 5.74) is 2.51. The molecule has 5 nitrogen and oxygen atoms in total. The zero-order valence-corrected chi connectivity index (χ0v) is 18.4. The lowest BCUT2D eigenvalue weighted by atomic mass is 9.79. The minimum absolute atomic E-state index is 0.0399. The van der Waals surface area contributed by atoms with Crippen LogP contribution in [0.3, 0.4) is 0 Å². The van der Waals surface area contributed by atoms with E-state index >= 15 is 0 Å². The Morgan fingerprint density at radius 2 is 2.07 bits per heavy atom. The van der Waals surface area contributed by atoms with Gasteiger partial charge in [0.2, 0.25) is 5.91 Å². The van der Waals surface area contributed by atoms with Gasteiger partial charge in [0.1, 0.15) is 5.82 Å². The SMILES string of the molecule is CCCCC1CCC(C(=O)Nc2c3c(nn2-c2cccc(Cl)c2)C[S@](=O)C3)CC1. The topological polar surface area (TPSA) is 64.0 Å². The predicted octanol–water partition coefficient (Wildman–Crippen LogP) is 5.22. The number of fused-ring (bicyclic) bond motifs is 1. The maximum absolute atomic E-state index is 13.1. The van der Waals surface area contributed by atoms with Crippen LogP contribution in [-0.4, -0.2) is 19.9 Å². The van der Waals surface area contributed by atoms with Crippen molar-refractivity contribution in [3.63, 3.8) is 0 Å². The molecule has 156 valence electrons. The zero-order valence-electron chi connectivity index (χ0n) is 16.8. The van der Waals surface area contributed by atoms with Gasteiger partial charge in [0.25, 0.3) is 0 Å². The maximum Gasteiger partial charge on any atom is 0.228 e. The van der Waals surface area contributed by atoms with E-state index in [1.807, 2.05) is 24.3 Å². The number of amides is 1. The highest BCUT2D eigenvalue weighted by Gasteiger charge is 2.31. The Morgan fingerprint density at radius 1 is 1.28 bits per heavy atom. The molecule has 2 heterocycles. The summed E-state index contributed by atoms with van der Waals surface area (Å²) in [7, 11) is -0.948. The number of nitrogens with one attached hydrogen (secondary N) is 1. The number of hydrogen-bond acceptors (Lipinski definition) is 3. The third kappa shape index (κ3) is 4.58. The van der Waals surface area contributed by atoms with Crippen LogP contribution in [0.15, 0.2) is 24.3 Å². The molecular formula is C22H28ClN3O2S. The van der Waals surface area contributed by atoms with Crippen LogP contribution in [0.5, 0.6) is 0 Å². The molecule has 7 heteroatoms. The number of nitrogens with zero attached hydrogens (tertiary/aromatic N) is 2. The average Bonchev–Trinajstić information content (AvgIpc) is 3.23. The Bertz CT molecular complexity index is 919. The first-order valence-electron chi connectivity index (χ1n) is 10.6. The Labute approximate surface area is 179 Å². The number of unbranched alkanes of at least 4 members (excludes halogenated alkanes) is 1. The van der Waals surface area contributed by atoms with E-state index in [9.17, 15) is 9.00 Å². The van der Waals surface area contributed by atoms with Crippen LogP contribution in [0, 0.1) is 11.8 Å². The number of halogens is 1. The molecule has 0 saturated heterocycles. The van der Waals surface area contributed by atoms with Crippen LogP contribution in [0.1, 0.15) is 63.1 Å². The van der Waals surface area contributed by atoms with Crippen molar-refractivity contribution in [1.82, 2.24) is 9.78 Å². The quantitative estimate of drug-likeness (QED) is 0.678. The number of anilines is 1. The third-order valence-electron chi connectivity index (χ3n) is 6.15. The van der Waals surface area contributed by atoms with Gasteiger partial charge < -0.3 is 5.32 Å². The molecule has 1 aliphatic carbocycles. The van der Waals surface area contributed by atoms with Crippen molar-refractivity contribution in [3.05, 3.63) is 40.5 Å². The standard InChI is InChI=1S/C22H28ClN3O2S/c1-2-3-5-15-8-10-16(11-9-15)22(27)24-21-19-13-29(28)14-20(19)25-26(21)18-7-4-6-17(23)12-18/h4,6-7,12,15-16H,2-3,5,8-11,13-14H2,1H3,(H,24,27)/t15?,16?,29-/m1/s1. The van der Waals surface area contributed by atoms with Crippen LogP contribution >= 0.6 is 11.6 Å². The Balaban J connectivity index is 1.52. The van der Waals surface area contributed by atoms with Gasteiger partial charge in [-0.3, -0.25) is 9.00 Å². The number of benzene rings is 1. The van der Waals surface area contributed by atoms with Crippen molar-refractivity contribution in [2.75, 3.05) is 5.32 Å². The number of carbonyl (C=O) groups is 1. The fourth-order valence-electron chi connectivity index (χ4n) is 4.48. The molecule has 1 atom stereocenters. The summed E-state index contributed by atoms with van der Waals surface area (Å²) in [5, 5.41) is 8.40. The van der Waals surface area contributed by atoms with Gasteiger partial charge in [0.05, 0.1) is 22.9 Å². The van der Waals surface area contributed by atoms with Crippen molar-refractivity contribution >= 4 is 34.1 Å². The van der Waals surface area contributed by atoms with E-state index in [0.29, 0.717) is 22.3 Å². The third-order valence-corrected chi connectivity index (χ3v) is 7.59. The molecule has 29 heavy (non-hydrogen) atoms. The molecule has 1 fully saturated rings.